The summed E-state index contributed by atoms with van der Waals surface area (Å²) in [5.41, 5.74) is 2.83. The predicted molar refractivity (Wildman–Crippen MR) is 139 cm³/mol. The Hall–Kier alpha value is -3.84. The second-order valence-corrected chi connectivity index (χ2v) is 8.35. The average molecular weight is 476 g/mol. The van der Waals surface area contributed by atoms with Gasteiger partial charge in [-0.25, -0.2) is 0 Å². The molecule has 0 saturated carbocycles. The molecule has 0 bridgehead atoms. The normalized spacial score (nSPS) is 12.4. The number of phenols is 1. The van der Waals surface area contributed by atoms with Crippen molar-refractivity contribution in [3.05, 3.63) is 90.0 Å². The highest BCUT2D eigenvalue weighted by molar-refractivity contribution is 6.02. The molecule has 0 spiro atoms. The third kappa shape index (κ3) is 7.32. The number of hydrogen-bond donors (Lipinski definition) is 3. The number of aromatic hydroxyl groups is 1. The van der Waals surface area contributed by atoms with Crippen molar-refractivity contribution >= 4 is 23.2 Å². The average Bonchev–Trinajstić information content (AvgIpc) is 2.88. The zero-order chi connectivity index (χ0) is 25.2. The SMILES string of the molecule is CCN(CC(C)OC)c1ccccc1NC(=O)C(Cc1ccc(O)cc1)NC(=O)c1ccccc1. The maximum Gasteiger partial charge on any atom is 0.251 e. The zero-order valence-corrected chi connectivity index (χ0v) is 20.4. The molecule has 2 atom stereocenters. The van der Waals surface area contributed by atoms with E-state index in [4.69, 9.17) is 4.74 Å². The summed E-state index contributed by atoms with van der Waals surface area (Å²) >= 11 is 0. The number of hydrogen-bond acceptors (Lipinski definition) is 5. The van der Waals surface area contributed by atoms with Crippen LogP contribution in [0.5, 0.6) is 5.75 Å². The molecule has 184 valence electrons. The van der Waals surface area contributed by atoms with Gasteiger partial charge in [0.1, 0.15) is 11.8 Å². The number of nitrogens with one attached hydrogen (secondary N) is 2. The molecule has 2 unspecified atom stereocenters. The van der Waals surface area contributed by atoms with Crippen LogP contribution in [0.2, 0.25) is 0 Å². The van der Waals surface area contributed by atoms with E-state index in [1.807, 2.05) is 37.3 Å². The molecule has 0 aliphatic heterocycles. The number of carbonyl (C=O) groups excluding carboxylic acids is 2. The van der Waals surface area contributed by atoms with Gasteiger partial charge in [-0.1, -0.05) is 42.5 Å². The Balaban J connectivity index is 1.84. The second-order valence-electron chi connectivity index (χ2n) is 8.35. The van der Waals surface area contributed by atoms with Gasteiger partial charge in [-0.3, -0.25) is 9.59 Å². The fourth-order valence-corrected chi connectivity index (χ4v) is 3.77. The van der Waals surface area contributed by atoms with E-state index in [0.717, 1.165) is 17.8 Å². The Kier molecular flexibility index (Phi) is 9.26. The molecular weight excluding hydrogens is 442 g/mol. The monoisotopic (exact) mass is 475 g/mol. The molecule has 0 aliphatic carbocycles. The maximum absolute atomic E-state index is 13.5. The Morgan fingerprint density at radius 1 is 0.971 bits per heavy atom. The Morgan fingerprint density at radius 3 is 2.29 bits per heavy atom. The van der Waals surface area contributed by atoms with E-state index >= 15 is 0 Å². The van der Waals surface area contributed by atoms with Gasteiger partial charge in [0.15, 0.2) is 0 Å². The fraction of sp³-hybridized carbons (Fsp3) is 0.286. The van der Waals surface area contributed by atoms with E-state index in [2.05, 4.69) is 22.5 Å². The summed E-state index contributed by atoms with van der Waals surface area (Å²) in [5.74, 6) is -0.519. The highest BCUT2D eigenvalue weighted by Crippen LogP contribution is 2.26. The van der Waals surface area contributed by atoms with Crippen LogP contribution in [-0.2, 0) is 16.0 Å². The molecule has 2 amide bonds. The van der Waals surface area contributed by atoms with Gasteiger partial charge in [0.2, 0.25) is 5.91 Å². The first-order chi connectivity index (χ1) is 16.9. The molecule has 3 aromatic rings. The number of methoxy groups -OCH3 is 1. The molecule has 0 fully saturated rings. The lowest BCUT2D eigenvalue weighted by Crippen LogP contribution is -2.45. The highest BCUT2D eigenvalue weighted by Gasteiger charge is 2.24. The summed E-state index contributed by atoms with van der Waals surface area (Å²) in [5, 5.41) is 15.5. The van der Waals surface area contributed by atoms with Gasteiger partial charge >= 0.3 is 0 Å². The topological polar surface area (TPSA) is 90.9 Å². The minimum absolute atomic E-state index is 0.0195. The van der Waals surface area contributed by atoms with Crippen molar-refractivity contribution < 1.29 is 19.4 Å². The molecule has 0 aromatic heterocycles. The number of likely N-dealkylation sites (N-methyl/N-ethyl adjacent to an activating group) is 1. The van der Waals surface area contributed by atoms with Crippen LogP contribution in [0.15, 0.2) is 78.9 Å². The smallest absolute Gasteiger partial charge is 0.251 e. The number of carbonyl (C=O) groups is 2. The van der Waals surface area contributed by atoms with Gasteiger partial charge < -0.3 is 25.4 Å². The molecule has 0 aliphatic rings. The van der Waals surface area contributed by atoms with E-state index in [0.29, 0.717) is 17.8 Å². The number of amides is 2. The van der Waals surface area contributed by atoms with Crippen LogP contribution in [0.4, 0.5) is 11.4 Å². The standard InChI is InChI=1S/C28H33N3O4/c1-4-31(19-20(2)35-3)26-13-9-8-12-24(26)29-28(34)25(18-21-14-16-23(32)17-15-21)30-27(33)22-10-6-5-7-11-22/h5-17,20,25,32H,4,18-19H2,1-3H3,(H,29,34)(H,30,33). The summed E-state index contributed by atoms with van der Waals surface area (Å²) in [6.07, 6.45) is 0.288. The molecule has 3 N–H and O–H groups in total. The largest absolute Gasteiger partial charge is 0.508 e. The van der Waals surface area contributed by atoms with E-state index in [-0.39, 0.29) is 30.1 Å². The molecule has 3 rings (SSSR count). The Morgan fingerprint density at radius 2 is 1.63 bits per heavy atom. The van der Waals surface area contributed by atoms with E-state index in [1.54, 1.807) is 55.6 Å². The first-order valence-electron chi connectivity index (χ1n) is 11.7. The Bertz CT molecular complexity index is 1100. The van der Waals surface area contributed by atoms with Crippen molar-refractivity contribution in [2.75, 3.05) is 30.4 Å². The lowest BCUT2D eigenvalue weighted by Gasteiger charge is -2.28. The summed E-state index contributed by atoms with van der Waals surface area (Å²) in [4.78, 5) is 28.5. The van der Waals surface area contributed by atoms with Gasteiger partial charge in [0.25, 0.3) is 5.91 Å². The summed E-state index contributed by atoms with van der Waals surface area (Å²) in [6, 6.07) is 22.2. The molecule has 3 aromatic carbocycles. The number of nitrogens with zero attached hydrogens (tertiary/aromatic N) is 1. The molecule has 7 heteroatoms. The number of para-hydroxylation sites is 2. The lowest BCUT2D eigenvalue weighted by atomic mass is 10.0. The third-order valence-corrected chi connectivity index (χ3v) is 5.80. The summed E-state index contributed by atoms with van der Waals surface area (Å²) in [6.45, 7) is 5.45. The van der Waals surface area contributed by atoms with Gasteiger partial charge in [0, 0.05) is 32.2 Å². The second kappa shape index (κ2) is 12.6. The molecule has 0 heterocycles. The number of benzene rings is 3. The summed E-state index contributed by atoms with van der Waals surface area (Å²) < 4.78 is 5.43. The van der Waals surface area contributed by atoms with E-state index in [9.17, 15) is 14.7 Å². The van der Waals surface area contributed by atoms with Crippen LogP contribution in [0.1, 0.15) is 29.8 Å². The van der Waals surface area contributed by atoms with Gasteiger partial charge in [-0.05, 0) is 55.8 Å². The van der Waals surface area contributed by atoms with Crippen LogP contribution in [0.3, 0.4) is 0 Å². The molecular formula is C28H33N3O4. The first-order valence-corrected chi connectivity index (χ1v) is 11.7. The van der Waals surface area contributed by atoms with E-state index < -0.39 is 6.04 Å². The highest BCUT2D eigenvalue weighted by atomic mass is 16.5. The minimum atomic E-state index is -0.826. The van der Waals surface area contributed by atoms with Crippen LogP contribution in [0.25, 0.3) is 0 Å². The quantitative estimate of drug-likeness (QED) is 0.386. The lowest BCUT2D eigenvalue weighted by molar-refractivity contribution is -0.118. The van der Waals surface area contributed by atoms with E-state index in [1.165, 1.54) is 0 Å². The van der Waals surface area contributed by atoms with Crippen molar-refractivity contribution in [1.29, 1.82) is 0 Å². The van der Waals surface area contributed by atoms with Crippen LogP contribution in [0, 0.1) is 0 Å². The minimum Gasteiger partial charge on any atom is -0.508 e. The van der Waals surface area contributed by atoms with Crippen LogP contribution in [-0.4, -0.2) is 49.3 Å². The van der Waals surface area contributed by atoms with Crippen LogP contribution >= 0.6 is 0 Å². The number of ether oxygens (including phenoxy) is 1. The number of phenolic OH excluding ortho intramolecular Hbond substituents is 1. The number of anilines is 2. The number of rotatable bonds is 11. The third-order valence-electron chi connectivity index (χ3n) is 5.80. The van der Waals surface area contributed by atoms with Crippen molar-refractivity contribution in [1.82, 2.24) is 5.32 Å². The maximum atomic E-state index is 13.5. The fourth-order valence-electron chi connectivity index (χ4n) is 3.77. The van der Waals surface area contributed by atoms with Gasteiger partial charge in [0.05, 0.1) is 17.5 Å². The van der Waals surface area contributed by atoms with Crippen molar-refractivity contribution in [2.45, 2.75) is 32.4 Å². The van der Waals surface area contributed by atoms with Gasteiger partial charge in [-0.15, -0.1) is 0 Å². The molecule has 0 saturated heterocycles. The predicted octanol–water partition coefficient (Wildman–Crippen LogP) is 4.23. The van der Waals surface area contributed by atoms with Crippen molar-refractivity contribution in [3.8, 4) is 5.75 Å². The molecule has 0 radical (unpaired) electrons. The van der Waals surface area contributed by atoms with Crippen molar-refractivity contribution in [2.24, 2.45) is 0 Å². The van der Waals surface area contributed by atoms with Crippen molar-refractivity contribution in [3.63, 3.8) is 0 Å². The Labute approximate surface area is 206 Å². The zero-order valence-electron chi connectivity index (χ0n) is 20.4. The van der Waals surface area contributed by atoms with Crippen LogP contribution < -0.4 is 15.5 Å². The summed E-state index contributed by atoms with van der Waals surface area (Å²) in [7, 11) is 1.68. The first kappa shape index (κ1) is 25.8. The van der Waals surface area contributed by atoms with Gasteiger partial charge in [-0.2, -0.15) is 0 Å². The molecule has 7 nitrogen and oxygen atoms in total. The molecule has 35 heavy (non-hydrogen) atoms.